The van der Waals surface area contributed by atoms with Crippen LogP contribution in [0.4, 0.5) is 18.9 Å². The maximum absolute atomic E-state index is 13.5. The van der Waals surface area contributed by atoms with Crippen LogP contribution in [0, 0.1) is 22.9 Å². The molecule has 0 radical (unpaired) electrons. The van der Waals surface area contributed by atoms with E-state index in [0.29, 0.717) is 12.2 Å². The molecule has 1 aromatic rings. The summed E-state index contributed by atoms with van der Waals surface area (Å²) in [6, 6.07) is 2.53. The average Bonchev–Trinajstić information content (AvgIpc) is 2.42. The Morgan fingerprint density at radius 1 is 1.19 bits per heavy atom. The van der Waals surface area contributed by atoms with Crippen LogP contribution in [0.2, 0.25) is 0 Å². The predicted molar refractivity (Wildman–Crippen MR) is 79.0 cm³/mol. The highest BCUT2D eigenvalue weighted by Gasteiger charge is 2.34. The smallest absolute Gasteiger partial charge is 0.194 e. The Morgan fingerprint density at radius 2 is 1.76 bits per heavy atom. The normalized spacial score (nSPS) is 23.5. The van der Waals surface area contributed by atoms with Gasteiger partial charge in [0.25, 0.3) is 0 Å². The molecule has 118 valence electrons. The van der Waals surface area contributed by atoms with Gasteiger partial charge in [-0.15, -0.1) is 0 Å². The third kappa shape index (κ3) is 3.34. The number of rotatable bonds is 2. The zero-order valence-corrected chi connectivity index (χ0v) is 13.0. The zero-order valence-electron chi connectivity index (χ0n) is 13.0. The van der Waals surface area contributed by atoms with Crippen molar-refractivity contribution in [3.8, 4) is 0 Å². The highest BCUT2D eigenvalue weighted by molar-refractivity contribution is 5.49. The van der Waals surface area contributed by atoms with E-state index in [1.165, 1.54) is 0 Å². The SMILES string of the molecule is CCC1CNC(C(C)(C)C)CN1c1cc(F)c(F)c(F)c1. The summed E-state index contributed by atoms with van der Waals surface area (Å²) in [7, 11) is 0. The molecule has 2 atom stereocenters. The molecule has 1 aliphatic heterocycles. The van der Waals surface area contributed by atoms with E-state index < -0.39 is 17.5 Å². The Morgan fingerprint density at radius 3 is 2.24 bits per heavy atom. The number of nitrogens with zero attached hydrogens (tertiary/aromatic N) is 1. The topological polar surface area (TPSA) is 15.3 Å². The molecule has 0 aliphatic carbocycles. The van der Waals surface area contributed by atoms with E-state index in [2.05, 4.69) is 26.1 Å². The van der Waals surface area contributed by atoms with Crippen LogP contribution in [0.1, 0.15) is 34.1 Å². The first-order valence-corrected chi connectivity index (χ1v) is 7.38. The summed E-state index contributed by atoms with van der Waals surface area (Å²) in [6.45, 7) is 9.81. The summed E-state index contributed by atoms with van der Waals surface area (Å²) in [4.78, 5) is 1.98. The lowest BCUT2D eigenvalue weighted by atomic mass is 9.84. The van der Waals surface area contributed by atoms with Gasteiger partial charge in [0.2, 0.25) is 0 Å². The van der Waals surface area contributed by atoms with Gasteiger partial charge in [0.15, 0.2) is 17.5 Å². The third-order valence-corrected chi connectivity index (χ3v) is 4.24. The Bertz CT molecular complexity index is 488. The van der Waals surface area contributed by atoms with Gasteiger partial charge in [-0.3, -0.25) is 0 Å². The molecule has 1 aromatic carbocycles. The van der Waals surface area contributed by atoms with Crippen molar-refractivity contribution in [1.82, 2.24) is 5.32 Å². The quantitative estimate of drug-likeness (QED) is 0.838. The van der Waals surface area contributed by atoms with Gasteiger partial charge in [0.1, 0.15) is 0 Å². The number of anilines is 1. The van der Waals surface area contributed by atoms with Crippen molar-refractivity contribution in [1.29, 1.82) is 0 Å². The second-order valence-corrected chi connectivity index (χ2v) is 6.76. The van der Waals surface area contributed by atoms with Crippen LogP contribution in [0.5, 0.6) is 0 Å². The first kappa shape index (κ1) is 16.1. The van der Waals surface area contributed by atoms with E-state index in [4.69, 9.17) is 0 Å². The maximum Gasteiger partial charge on any atom is 0.194 e. The van der Waals surface area contributed by atoms with Crippen molar-refractivity contribution in [2.24, 2.45) is 5.41 Å². The lowest BCUT2D eigenvalue weighted by molar-refractivity contribution is 0.233. The average molecular weight is 300 g/mol. The zero-order chi connectivity index (χ0) is 15.8. The van der Waals surface area contributed by atoms with Crippen LogP contribution >= 0.6 is 0 Å². The minimum atomic E-state index is -1.41. The molecule has 2 rings (SSSR count). The second-order valence-electron chi connectivity index (χ2n) is 6.76. The fourth-order valence-electron chi connectivity index (χ4n) is 2.77. The summed E-state index contributed by atoms with van der Waals surface area (Å²) in [5.74, 6) is -3.68. The van der Waals surface area contributed by atoms with Gasteiger partial charge >= 0.3 is 0 Å². The molecule has 0 bridgehead atoms. The highest BCUT2D eigenvalue weighted by atomic mass is 19.2. The molecule has 1 fully saturated rings. The van der Waals surface area contributed by atoms with Crippen molar-refractivity contribution in [3.63, 3.8) is 0 Å². The van der Waals surface area contributed by atoms with Gasteiger partial charge in [0.05, 0.1) is 0 Å². The monoisotopic (exact) mass is 300 g/mol. The van der Waals surface area contributed by atoms with Crippen LogP contribution in [0.3, 0.4) is 0 Å². The van der Waals surface area contributed by atoms with Crippen LogP contribution in [0.15, 0.2) is 12.1 Å². The van der Waals surface area contributed by atoms with Gasteiger partial charge in [-0.1, -0.05) is 27.7 Å². The molecule has 2 unspecified atom stereocenters. The second kappa shape index (κ2) is 5.87. The van der Waals surface area contributed by atoms with Crippen molar-refractivity contribution >= 4 is 5.69 Å². The van der Waals surface area contributed by atoms with Crippen molar-refractivity contribution < 1.29 is 13.2 Å². The Balaban J connectivity index is 2.33. The van der Waals surface area contributed by atoms with Gasteiger partial charge < -0.3 is 10.2 Å². The molecule has 21 heavy (non-hydrogen) atoms. The number of halogens is 3. The summed E-state index contributed by atoms with van der Waals surface area (Å²) in [5, 5.41) is 3.50. The van der Waals surface area contributed by atoms with Gasteiger partial charge in [-0.05, 0) is 11.8 Å². The van der Waals surface area contributed by atoms with Crippen LogP contribution in [0.25, 0.3) is 0 Å². The van der Waals surface area contributed by atoms with Crippen molar-refractivity contribution in [2.45, 2.75) is 46.2 Å². The molecular weight excluding hydrogens is 277 g/mol. The molecule has 0 saturated carbocycles. The maximum atomic E-state index is 13.5. The molecule has 1 N–H and O–H groups in total. The molecular formula is C16H23F3N2. The number of hydrogen-bond donors (Lipinski definition) is 1. The largest absolute Gasteiger partial charge is 0.366 e. The fourth-order valence-corrected chi connectivity index (χ4v) is 2.77. The minimum absolute atomic E-state index is 0.0358. The van der Waals surface area contributed by atoms with Gasteiger partial charge in [0, 0.05) is 43.0 Å². The van der Waals surface area contributed by atoms with E-state index in [-0.39, 0.29) is 17.5 Å². The van der Waals surface area contributed by atoms with Crippen LogP contribution in [-0.4, -0.2) is 25.2 Å². The van der Waals surface area contributed by atoms with E-state index in [0.717, 1.165) is 25.1 Å². The van der Waals surface area contributed by atoms with Gasteiger partial charge in [-0.2, -0.15) is 0 Å². The molecule has 0 amide bonds. The minimum Gasteiger partial charge on any atom is -0.366 e. The van der Waals surface area contributed by atoms with Gasteiger partial charge in [-0.25, -0.2) is 13.2 Å². The first-order valence-electron chi connectivity index (χ1n) is 7.38. The third-order valence-electron chi connectivity index (χ3n) is 4.24. The van der Waals surface area contributed by atoms with E-state index in [1.54, 1.807) is 0 Å². The Kier molecular flexibility index (Phi) is 4.51. The van der Waals surface area contributed by atoms with Crippen molar-refractivity contribution in [2.75, 3.05) is 18.0 Å². The standard InChI is InChI=1S/C16H23F3N2/c1-5-10-8-20-14(16(2,3)4)9-21(10)11-6-12(17)15(19)13(18)7-11/h6-7,10,14,20H,5,8-9H2,1-4H3. The molecule has 0 aromatic heterocycles. The number of nitrogens with one attached hydrogen (secondary N) is 1. The molecule has 0 spiro atoms. The molecule has 1 aliphatic rings. The lowest BCUT2D eigenvalue weighted by Crippen LogP contribution is -2.60. The molecule has 5 heteroatoms. The summed E-state index contributed by atoms with van der Waals surface area (Å²) in [5.41, 5.74) is 0.447. The number of hydrogen-bond acceptors (Lipinski definition) is 2. The molecule has 1 heterocycles. The number of benzene rings is 1. The van der Waals surface area contributed by atoms with E-state index in [1.807, 2.05) is 11.8 Å². The predicted octanol–water partition coefficient (Wildman–Crippen LogP) is 3.71. The molecule has 2 nitrogen and oxygen atoms in total. The number of piperazine rings is 1. The Labute approximate surface area is 124 Å². The van der Waals surface area contributed by atoms with Crippen LogP contribution in [-0.2, 0) is 0 Å². The Hall–Kier alpha value is -1.23. The molecule has 1 saturated heterocycles. The summed E-state index contributed by atoms with van der Waals surface area (Å²) in [6.07, 6.45) is 0.852. The van der Waals surface area contributed by atoms with Crippen LogP contribution < -0.4 is 10.2 Å². The summed E-state index contributed by atoms with van der Waals surface area (Å²) < 4.78 is 40.1. The van der Waals surface area contributed by atoms with Crippen molar-refractivity contribution in [3.05, 3.63) is 29.6 Å². The van der Waals surface area contributed by atoms with E-state index >= 15 is 0 Å². The van der Waals surface area contributed by atoms with E-state index in [9.17, 15) is 13.2 Å². The fraction of sp³-hybridized carbons (Fsp3) is 0.625. The lowest BCUT2D eigenvalue weighted by Gasteiger charge is -2.46. The first-order chi connectivity index (χ1) is 9.74. The highest BCUT2D eigenvalue weighted by Crippen LogP contribution is 2.29. The summed E-state index contributed by atoms with van der Waals surface area (Å²) >= 11 is 0.